The average Bonchev–Trinajstić information content (AvgIpc) is 3.46. The molecular weight excluding hydrogens is 364 g/mol. The minimum absolute atomic E-state index is 0.00565. The number of nitrogens with zero attached hydrogens (tertiary/aromatic N) is 1. The maximum atomic E-state index is 13.5. The van der Waals surface area contributed by atoms with Gasteiger partial charge in [-0.25, -0.2) is 0 Å². The van der Waals surface area contributed by atoms with Crippen LogP contribution in [0.2, 0.25) is 0 Å². The monoisotopic (exact) mass is 392 g/mol. The predicted molar refractivity (Wildman–Crippen MR) is 110 cm³/mol. The Morgan fingerprint density at radius 3 is 2.72 bits per heavy atom. The topological polar surface area (TPSA) is 58.6 Å². The number of hydrogen-bond acceptors (Lipinski definition) is 3. The fourth-order valence-corrected chi connectivity index (χ4v) is 5.82. The highest BCUT2D eigenvalue weighted by Gasteiger charge is 2.71. The van der Waals surface area contributed by atoms with Crippen molar-refractivity contribution < 1.29 is 14.3 Å². The van der Waals surface area contributed by atoms with Crippen molar-refractivity contribution in [3.63, 3.8) is 0 Å². The Morgan fingerprint density at radius 1 is 1.31 bits per heavy atom. The Labute approximate surface area is 171 Å². The zero-order valence-electron chi connectivity index (χ0n) is 16.8. The van der Waals surface area contributed by atoms with E-state index in [1.165, 1.54) is 5.56 Å². The zero-order chi connectivity index (χ0) is 20.2. The maximum absolute atomic E-state index is 13.5. The molecule has 1 aromatic carbocycles. The van der Waals surface area contributed by atoms with Crippen LogP contribution in [0, 0.1) is 12.8 Å². The average molecular weight is 392 g/mol. The molecule has 4 aliphatic rings. The first-order valence-corrected chi connectivity index (χ1v) is 10.7. The molecule has 29 heavy (non-hydrogen) atoms. The van der Waals surface area contributed by atoms with Gasteiger partial charge in [-0.3, -0.25) is 9.59 Å². The van der Waals surface area contributed by atoms with Crippen molar-refractivity contribution in [2.45, 2.75) is 62.3 Å². The largest absolute Gasteiger partial charge is 0.359 e. The lowest BCUT2D eigenvalue weighted by Gasteiger charge is -2.32. The van der Waals surface area contributed by atoms with Gasteiger partial charge in [-0.15, -0.1) is 6.58 Å². The Bertz CT molecular complexity index is 871. The Balaban J connectivity index is 1.52. The second kappa shape index (κ2) is 6.84. The number of rotatable bonds is 5. The third kappa shape index (κ3) is 2.71. The van der Waals surface area contributed by atoms with Crippen molar-refractivity contribution in [3.05, 3.63) is 60.2 Å². The van der Waals surface area contributed by atoms with Gasteiger partial charge in [0.2, 0.25) is 11.8 Å². The molecule has 1 saturated carbocycles. The van der Waals surface area contributed by atoms with E-state index in [0.717, 1.165) is 31.2 Å². The van der Waals surface area contributed by atoms with Crippen LogP contribution in [-0.2, 0) is 14.3 Å². The van der Waals surface area contributed by atoms with Gasteiger partial charge < -0.3 is 15.0 Å². The summed E-state index contributed by atoms with van der Waals surface area (Å²) in [7, 11) is 0. The minimum Gasteiger partial charge on any atom is -0.359 e. The molecule has 152 valence electrons. The van der Waals surface area contributed by atoms with Gasteiger partial charge in [0, 0.05) is 18.5 Å². The molecule has 5 nitrogen and oxygen atoms in total. The molecule has 1 N–H and O–H groups in total. The number of benzene rings is 1. The minimum atomic E-state index is -0.886. The van der Waals surface area contributed by atoms with E-state index in [1.807, 2.05) is 12.2 Å². The van der Waals surface area contributed by atoms with E-state index in [-0.39, 0.29) is 35.8 Å². The first kappa shape index (κ1) is 18.6. The van der Waals surface area contributed by atoms with Crippen LogP contribution < -0.4 is 5.32 Å². The normalized spacial score (nSPS) is 35.3. The van der Waals surface area contributed by atoms with Gasteiger partial charge in [0.1, 0.15) is 11.6 Å². The lowest BCUT2D eigenvalue weighted by molar-refractivity contribution is -0.139. The van der Waals surface area contributed by atoms with Crippen molar-refractivity contribution in [2.75, 3.05) is 6.54 Å². The summed E-state index contributed by atoms with van der Waals surface area (Å²) in [4.78, 5) is 28.6. The third-order valence-electron chi connectivity index (χ3n) is 7.11. The molecule has 2 saturated heterocycles. The number of carbonyl (C=O) groups is 2. The molecule has 0 unspecified atom stereocenters. The van der Waals surface area contributed by atoms with E-state index >= 15 is 0 Å². The van der Waals surface area contributed by atoms with Gasteiger partial charge in [0.05, 0.1) is 12.0 Å². The molecule has 1 spiro atoms. The van der Waals surface area contributed by atoms with Gasteiger partial charge in [-0.2, -0.15) is 0 Å². The van der Waals surface area contributed by atoms with Crippen LogP contribution >= 0.6 is 0 Å². The van der Waals surface area contributed by atoms with E-state index in [4.69, 9.17) is 4.74 Å². The molecular formula is C24H28N2O3. The molecule has 0 aromatic heterocycles. The van der Waals surface area contributed by atoms with Crippen LogP contribution in [0.5, 0.6) is 0 Å². The number of aryl methyl sites for hydroxylation is 1. The first-order chi connectivity index (χ1) is 14.0. The molecule has 3 aliphatic heterocycles. The Kier molecular flexibility index (Phi) is 4.39. The van der Waals surface area contributed by atoms with Gasteiger partial charge in [0.15, 0.2) is 0 Å². The summed E-state index contributed by atoms with van der Waals surface area (Å²) in [6.07, 6.45) is 9.86. The summed E-state index contributed by atoms with van der Waals surface area (Å²) in [5, 5.41) is 3.20. The maximum Gasteiger partial charge on any atom is 0.246 e. The van der Waals surface area contributed by atoms with Crippen molar-refractivity contribution in [3.8, 4) is 0 Å². The van der Waals surface area contributed by atoms with E-state index < -0.39 is 11.6 Å². The zero-order valence-corrected chi connectivity index (χ0v) is 16.8. The highest BCUT2D eigenvalue weighted by Crippen LogP contribution is 2.58. The van der Waals surface area contributed by atoms with Crippen LogP contribution in [0.25, 0.3) is 0 Å². The lowest BCUT2D eigenvalue weighted by Crippen LogP contribution is -2.56. The number of ether oxygens (including phenoxy) is 1. The van der Waals surface area contributed by atoms with Crippen LogP contribution in [0.1, 0.15) is 42.7 Å². The van der Waals surface area contributed by atoms with Crippen molar-refractivity contribution in [1.29, 1.82) is 0 Å². The second-order valence-corrected chi connectivity index (χ2v) is 8.88. The first-order valence-electron chi connectivity index (χ1n) is 10.7. The number of nitrogens with one attached hydrogen (secondary N) is 1. The SMILES string of the molecule is C=CCN1C(=O)[C@@H]2[C@@H](c3ccc(C)cc3)[C@H]3C=C[C@@]2(O3)[C@@H]1C(=O)NC1CCCC1. The Morgan fingerprint density at radius 2 is 2.03 bits per heavy atom. The van der Waals surface area contributed by atoms with E-state index in [9.17, 15) is 9.59 Å². The van der Waals surface area contributed by atoms with Crippen molar-refractivity contribution in [1.82, 2.24) is 10.2 Å². The van der Waals surface area contributed by atoms with Crippen LogP contribution in [0.15, 0.2) is 49.1 Å². The number of likely N-dealkylation sites (tertiary alicyclic amines) is 1. The summed E-state index contributed by atoms with van der Waals surface area (Å²) in [5.41, 5.74) is 1.40. The fourth-order valence-electron chi connectivity index (χ4n) is 5.82. The molecule has 5 heteroatoms. The van der Waals surface area contributed by atoms with Gasteiger partial charge in [-0.1, -0.05) is 60.9 Å². The third-order valence-corrected chi connectivity index (χ3v) is 7.11. The van der Waals surface area contributed by atoms with Gasteiger partial charge >= 0.3 is 0 Å². The smallest absolute Gasteiger partial charge is 0.246 e. The van der Waals surface area contributed by atoms with Crippen LogP contribution in [0.4, 0.5) is 0 Å². The summed E-state index contributed by atoms with van der Waals surface area (Å²) >= 11 is 0. The van der Waals surface area contributed by atoms with Crippen molar-refractivity contribution >= 4 is 11.8 Å². The van der Waals surface area contributed by atoms with E-state index in [1.54, 1.807) is 11.0 Å². The molecule has 5 atom stereocenters. The predicted octanol–water partition coefficient (Wildman–Crippen LogP) is 2.86. The number of hydrogen-bond donors (Lipinski definition) is 1. The molecule has 1 aliphatic carbocycles. The van der Waals surface area contributed by atoms with E-state index in [0.29, 0.717) is 6.54 Å². The number of amides is 2. The van der Waals surface area contributed by atoms with Crippen LogP contribution in [0.3, 0.4) is 0 Å². The van der Waals surface area contributed by atoms with Crippen molar-refractivity contribution in [2.24, 2.45) is 5.92 Å². The summed E-state index contributed by atoms with van der Waals surface area (Å²) in [5.74, 6) is -0.539. The van der Waals surface area contributed by atoms with Gasteiger partial charge in [0.25, 0.3) is 0 Å². The van der Waals surface area contributed by atoms with E-state index in [2.05, 4.69) is 43.1 Å². The molecule has 3 fully saturated rings. The van der Waals surface area contributed by atoms with Crippen LogP contribution in [-0.4, -0.2) is 47.0 Å². The molecule has 5 rings (SSSR count). The fraction of sp³-hybridized carbons (Fsp3) is 0.500. The quantitative estimate of drug-likeness (QED) is 0.784. The number of carbonyl (C=O) groups excluding carboxylic acids is 2. The second-order valence-electron chi connectivity index (χ2n) is 8.88. The summed E-state index contributed by atoms with van der Waals surface area (Å²) < 4.78 is 6.46. The summed E-state index contributed by atoms with van der Waals surface area (Å²) in [6, 6.07) is 7.88. The standard InChI is InChI=1S/C24H28N2O3/c1-3-14-26-21(22(27)25-17-6-4-5-7-17)24-13-12-18(29-24)19(20(24)23(26)28)16-10-8-15(2)9-11-16/h3,8-13,17-21H,1,4-7,14H2,2H3,(H,25,27)/t18-,19+,20+,21+,24+/m1/s1. The Hall–Kier alpha value is -2.40. The van der Waals surface area contributed by atoms with Gasteiger partial charge in [-0.05, 0) is 25.3 Å². The highest BCUT2D eigenvalue weighted by molar-refractivity contribution is 5.97. The molecule has 2 bridgehead atoms. The highest BCUT2D eigenvalue weighted by atomic mass is 16.5. The molecule has 3 heterocycles. The molecule has 2 amide bonds. The molecule has 1 aromatic rings. The lowest BCUT2D eigenvalue weighted by atomic mass is 9.72. The number of fused-ring (bicyclic) bond motifs is 1. The molecule has 0 radical (unpaired) electrons. The summed E-state index contributed by atoms with van der Waals surface area (Å²) in [6.45, 7) is 6.21.